The molecule has 0 unspecified atom stereocenters. The summed E-state index contributed by atoms with van der Waals surface area (Å²) in [6.07, 6.45) is -2.42. The SMILES string of the molecule is O=C(O)CC(=O)O.O=C(O)CC(=O)O.O=C(O)CC(=O)O.[Fe].[Fe]. The number of carboxylic acid groups (broad SMARTS) is 6. The fraction of sp³-hybridized carbons (Fsp3) is 0.333. The van der Waals surface area contributed by atoms with Crippen LogP contribution in [0, 0.1) is 0 Å². The van der Waals surface area contributed by atoms with Crippen LogP contribution < -0.4 is 0 Å². The quantitative estimate of drug-likeness (QED) is 0.215. The number of rotatable bonds is 6. The van der Waals surface area contributed by atoms with Gasteiger partial charge >= 0.3 is 35.8 Å². The normalized spacial score (nSPS) is 7.30. The van der Waals surface area contributed by atoms with Crippen LogP contribution in [-0.4, -0.2) is 66.5 Å². The molecule has 0 radical (unpaired) electrons. The van der Waals surface area contributed by atoms with E-state index < -0.39 is 55.1 Å². The molecule has 0 saturated carbocycles. The third-order valence-corrected chi connectivity index (χ3v) is 0.907. The van der Waals surface area contributed by atoms with E-state index in [0.29, 0.717) is 0 Å². The third-order valence-electron chi connectivity index (χ3n) is 0.907. The van der Waals surface area contributed by atoms with Crippen LogP contribution in [0.5, 0.6) is 0 Å². The first kappa shape index (κ1) is 32.7. The summed E-state index contributed by atoms with van der Waals surface area (Å²) in [5.41, 5.74) is 0. The van der Waals surface area contributed by atoms with Gasteiger partial charge in [0.15, 0.2) is 0 Å². The first-order valence-electron chi connectivity index (χ1n) is 4.69. The van der Waals surface area contributed by atoms with Gasteiger partial charge in [-0.25, -0.2) is 0 Å². The van der Waals surface area contributed by atoms with Crippen molar-refractivity contribution in [3.63, 3.8) is 0 Å². The molecule has 12 nitrogen and oxygen atoms in total. The van der Waals surface area contributed by atoms with Crippen molar-refractivity contribution in [2.75, 3.05) is 0 Å². The maximum Gasteiger partial charge on any atom is 0.314 e. The molecule has 136 valence electrons. The van der Waals surface area contributed by atoms with Crippen LogP contribution in [0.2, 0.25) is 0 Å². The first-order valence-corrected chi connectivity index (χ1v) is 4.69. The maximum atomic E-state index is 9.43. The zero-order valence-corrected chi connectivity index (χ0v) is 13.2. The Kier molecular flexibility index (Phi) is 28.2. The molecule has 0 heterocycles. The van der Waals surface area contributed by atoms with Crippen LogP contribution in [-0.2, 0) is 62.9 Å². The summed E-state index contributed by atoms with van der Waals surface area (Å²) in [5.74, 6) is -7.88. The van der Waals surface area contributed by atoms with Gasteiger partial charge < -0.3 is 30.6 Å². The summed E-state index contributed by atoms with van der Waals surface area (Å²) in [5, 5.41) is 46.2. The monoisotopic (exact) mass is 424 g/mol. The Morgan fingerprint density at radius 2 is 0.478 bits per heavy atom. The van der Waals surface area contributed by atoms with Crippen LogP contribution in [0.15, 0.2) is 0 Å². The van der Waals surface area contributed by atoms with Crippen LogP contribution in [0.1, 0.15) is 19.3 Å². The third kappa shape index (κ3) is 65.2. The average molecular weight is 424 g/mol. The summed E-state index contributed by atoms with van der Waals surface area (Å²) in [4.78, 5) is 56.6. The van der Waals surface area contributed by atoms with Crippen LogP contribution in [0.25, 0.3) is 0 Å². The average Bonchev–Trinajstić information content (AvgIpc) is 2.10. The van der Waals surface area contributed by atoms with Crippen molar-refractivity contribution in [3.8, 4) is 0 Å². The summed E-state index contributed by atoms with van der Waals surface area (Å²) in [6.45, 7) is 0. The molecule has 0 rings (SSSR count). The Balaban J connectivity index is -0.0000000675. The molecule has 14 heteroatoms. The molecule has 23 heavy (non-hydrogen) atoms. The van der Waals surface area contributed by atoms with E-state index >= 15 is 0 Å². The fourth-order valence-electron chi connectivity index (χ4n) is 0.388. The van der Waals surface area contributed by atoms with Crippen molar-refractivity contribution in [3.05, 3.63) is 0 Å². The largest absolute Gasteiger partial charge is 0.481 e. The zero-order valence-electron chi connectivity index (χ0n) is 11.0. The van der Waals surface area contributed by atoms with Gasteiger partial charge in [0.25, 0.3) is 0 Å². The van der Waals surface area contributed by atoms with E-state index in [0.717, 1.165) is 0 Å². The van der Waals surface area contributed by atoms with Crippen LogP contribution >= 0.6 is 0 Å². The van der Waals surface area contributed by atoms with E-state index in [1.165, 1.54) is 0 Å². The summed E-state index contributed by atoms with van der Waals surface area (Å²) < 4.78 is 0. The second kappa shape index (κ2) is 19.9. The van der Waals surface area contributed by atoms with E-state index in [9.17, 15) is 28.8 Å². The van der Waals surface area contributed by atoms with E-state index in [4.69, 9.17) is 30.6 Å². The molecule has 0 amide bonds. The molecule has 0 bridgehead atoms. The number of hydrogen-bond acceptors (Lipinski definition) is 6. The van der Waals surface area contributed by atoms with Crippen molar-refractivity contribution in [2.24, 2.45) is 0 Å². The van der Waals surface area contributed by atoms with Gasteiger partial charge in [0.2, 0.25) is 0 Å². The Labute approximate surface area is 149 Å². The van der Waals surface area contributed by atoms with Gasteiger partial charge in [0.05, 0.1) is 0 Å². The second-order valence-corrected chi connectivity index (χ2v) is 2.89. The molecule has 0 fully saturated rings. The molecule has 0 saturated heterocycles. The summed E-state index contributed by atoms with van der Waals surface area (Å²) in [7, 11) is 0. The van der Waals surface area contributed by atoms with Gasteiger partial charge in [-0.1, -0.05) is 0 Å². The molecule has 0 aliphatic heterocycles. The minimum atomic E-state index is -1.31. The first-order chi connectivity index (χ1) is 9.38. The smallest absolute Gasteiger partial charge is 0.314 e. The second-order valence-electron chi connectivity index (χ2n) is 2.89. The number of aliphatic carboxylic acids is 6. The van der Waals surface area contributed by atoms with Crippen molar-refractivity contribution in [1.82, 2.24) is 0 Å². The van der Waals surface area contributed by atoms with Gasteiger partial charge in [-0.15, -0.1) is 0 Å². The maximum absolute atomic E-state index is 9.43. The molecule has 0 aliphatic rings. The fourth-order valence-corrected chi connectivity index (χ4v) is 0.388. The van der Waals surface area contributed by atoms with Crippen molar-refractivity contribution in [2.45, 2.75) is 19.3 Å². The Morgan fingerprint density at radius 3 is 0.478 bits per heavy atom. The molecular weight excluding hydrogens is 412 g/mol. The molecular formula is C9H12Fe2O12. The molecule has 0 atom stereocenters. The minimum Gasteiger partial charge on any atom is -0.481 e. The Hall–Kier alpha value is -2.14. The van der Waals surface area contributed by atoms with Crippen molar-refractivity contribution >= 4 is 35.8 Å². The van der Waals surface area contributed by atoms with Gasteiger partial charge in [0.1, 0.15) is 19.3 Å². The summed E-state index contributed by atoms with van der Waals surface area (Å²) in [6, 6.07) is 0. The van der Waals surface area contributed by atoms with Crippen LogP contribution in [0.4, 0.5) is 0 Å². The van der Waals surface area contributed by atoms with Gasteiger partial charge in [-0.2, -0.15) is 0 Å². The minimum absolute atomic E-state index is 0. The van der Waals surface area contributed by atoms with Crippen molar-refractivity contribution in [1.29, 1.82) is 0 Å². The van der Waals surface area contributed by atoms with E-state index in [1.807, 2.05) is 0 Å². The van der Waals surface area contributed by atoms with E-state index in [2.05, 4.69) is 0 Å². The Morgan fingerprint density at radius 1 is 0.391 bits per heavy atom. The standard InChI is InChI=1S/3C3H4O4.2Fe/c3*4-2(5)1-3(6)7;;/h3*1H2,(H,4,5)(H,6,7);;. The van der Waals surface area contributed by atoms with E-state index in [-0.39, 0.29) is 34.1 Å². The molecule has 0 spiro atoms. The number of carbonyl (C=O) groups is 6. The van der Waals surface area contributed by atoms with Gasteiger partial charge in [-0.05, 0) is 0 Å². The van der Waals surface area contributed by atoms with Gasteiger partial charge in [-0.3, -0.25) is 28.8 Å². The molecule has 0 aliphatic carbocycles. The zero-order chi connectivity index (χ0) is 17.6. The topological polar surface area (TPSA) is 224 Å². The molecule has 6 N–H and O–H groups in total. The van der Waals surface area contributed by atoms with E-state index in [1.54, 1.807) is 0 Å². The Bertz CT molecular complexity index is 321. The predicted octanol–water partition coefficient (Wildman–Crippen LogP) is -1.37. The van der Waals surface area contributed by atoms with Crippen molar-refractivity contribution < 1.29 is 93.5 Å². The number of hydrogen-bond donors (Lipinski definition) is 6. The van der Waals surface area contributed by atoms with Crippen LogP contribution in [0.3, 0.4) is 0 Å². The molecule has 0 aromatic heterocycles. The summed E-state index contributed by atoms with van der Waals surface area (Å²) >= 11 is 0. The predicted molar refractivity (Wildman–Crippen MR) is 59.7 cm³/mol. The number of carboxylic acids is 6. The molecule has 0 aromatic rings. The molecule has 0 aromatic carbocycles. The van der Waals surface area contributed by atoms with Gasteiger partial charge in [0, 0.05) is 34.1 Å².